The molecule has 0 saturated carbocycles. The van der Waals surface area contributed by atoms with Crippen molar-refractivity contribution < 1.29 is 39.0 Å². The van der Waals surface area contributed by atoms with Crippen LogP contribution in [0.25, 0.3) is 0 Å². The average molecular weight is 421 g/mol. The van der Waals surface area contributed by atoms with Crippen LogP contribution in [0.15, 0.2) is 0 Å². The van der Waals surface area contributed by atoms with E-state index in [1.807, 2.05) is 5.32 Å². The number of hydrogen-bond donors (Lipinski definition) is 8. The fraction of sp³-hybridized carbons (Fsp3) is 0.571. The molecule has 0 aliphatic carbocycles. The number of carbonyl (C=O) groups is 6. The molecule has 3 atom stereocenters. The number of aliphatic carboxylic acids is 2. The summed E-state index contributed by atoms with van der Waals surface area (Å²) in [6, 6.07) is -4.36. The minimum Gasteiger partial charge on any atom is -0.481 e. The molecule has 0 aliphatic heterocycles. The van der Waals surface area contributed by atoms with Crippen LogP contribution in [0.3, 0.4) is 0 Å². The van der Waals surface area contributed by atoms with E-state index in [-0.39, 0.29) is 18.6 Å². The van der Waals surface area contributed by atoms with Crippen molar-refractivity contribution in [3.8, 4) is 0 Å². The average Bonchev–Trinajstić information content (AvgIpc) is 2.60. The largest absolute Gasteiger partial charge is 0.481 e. The monoisotopic (exact) mass is 421 g/mol. The number of thiol groups is 1. The third kappa shape index (κ3) is 9.72. The lowest BCUT2D eigenvalue weighted by Crippen LogP contribution is -2.57. The lowest BCUT2D eigenvalue weighted by molar-refractivity contribution is -0.143. The van der Waals surface area contributed by atoms with E-state index in [0.717, 1.165) is 0 Å². The zero-order chi connectivity index (χ0) is 21.9. The van der Waals surface area contributed by atoms with Gasteiger partial charge in [0.1, 0.15) is 18.1 Å². The number of nitrogens with two attached hydrogens (primary N) is 2. The Hall–Kier alpha value is -2.87. The van der Waals surface area contributed by atoms with Gasteiger partial charge < -0.3 is 37.6 Å². The number of amides is 4. The standard InChI is InChI=1S/C14H23N5O8S/c15-4-10(21)17-8(5-28)13(25)19-7(3-11(22)23)12(24)18-6(14(26)27)1-2-9(16)20/h6-8,28H,1-5,15H2,(H2,16,20)(H,17,21)(H,18,24)(H,19,25)(H,22,23)(H,26,27). The first-order valence-corrected chi connectivity index (χ1v) is 8.59. The van der Waals surface area contributed by atoms with Crippen molar-refractivity contribution in [3.63, 3.8) is 0 Å². The summed E-state index contributed by atoms with van der Waals surface area (Å²) in [4.78, 5) is 68.7. The molecular weight excluding hydrogens is 398 g/mol. The quantitative estimate of drug-likeness (QED) is 0.136. The van der Waals surface area contributed by atoms with Crippen LogP contribution in [0.4, 0.5) is 0 Å². The van der Waals surface area contributed by atoms with Crippen LogP contribution in [0, 0.1) is 0 Å². The van der Waals surface area contributed by atoms with E-state index in [2.05, 4.69) is 23.3 Å². The van der Waals surface area contributed by atoms with Gasteiger partial charge in [0.2, 0.25) is 23.6 Å². The Kier molecular flexibility index (Phi) is 11.2. The van der Waals surface area contributed by atoms with Gasteiger partial charge in [0, 0.05) is 12.2 Å². The molecule has 14 heteroatoms. The zero-order valence-electron chi connectivity index (χ0n) is 14.7. The fourth-order valence-electron chi connectivity index (χ4n) is 1.92. The molecule has 0 aromatic heterocycles. The summed E-state index contributed by atoms with van der Waals surface area (Å²) in [5.74, 6) is -6.57. The molecule has 9 N–H and O–H groups in total. The molecule has 0 saturated heterocycles. The molecule has 0 rings (SSSR count). The molecule has 0 aliphatic rings. The van der Waals surface area contributed by atoms with E-state index in [4.69, 9.17) is 21.7 Å². The number of carboxylic acid groups (broad SMARTS) is 2. The van der Waals surface area contributed by atoms with Crippen LogP contribution >= 0.6 is 12.6 Å². The van der Waals surface area contributed by atoms with Crippen molar-refractivity contribution in [1.82, 2.24) is 16.0 Å². The van der Waals surface area contributed by atoms with E-state index in [0.29, 0.717) is 0 Å². The summed E-state index contributed by atoms with van der Waals surface area (Å²) in [6.07, 6.45) is -1.51. The summed E-state index contributed by atoms with van der Waals surface area (Å²) in [6.45, 7) is -0.406. The van der Waals surface area contributed by atoms with Crippen molar-refractivity contribution in [3.05, 3.63) is 0 Å². The second-order valence-electron chi connectivity index (χ2n) is 5.57. The Morgan fingerprint density at radius 2 is 1.43 bits per heavy atom. The highest BCUT2D eigenvalue weighted by Crippen LogP contribution is 2.02. The topological polar surface area (TPSA) is 231 Å². The first-order valence-electron chi connectivity index (χ1n) is 7.95. The number of rotatable bonds is 13. The van der Waals surface area contributed by atoms with Gasteiger partial charge in [0.15, 0.2) is 0 Å². The summed E-state index contributed by atoms with van der Waals surface area (Å²) < 4.78 is 0. The van der Waals surface area contributed by atoms with Crippen molar-refractivity contribution in [2.75, 3.05) is 12.3 Å². The van der Waals surface area contributed by atoms with E-state index in [9.17, 15) is 28.8 Å². The van der Waals surface area contributed by atoms with Gasteiger partial charge in [-0.3, -0.25) is 24.0 Å². The first kappa shape index (κ1) is 25.1. The van der Waals surface area contributed by atoms with Gasteiger partial charge in [-0.15, -0.1) is 0 Å². The highest BCUT2D eigenvalue weighted by atomic mass is 32.1. The normalized spacial score (nSPS) is 13.5. The van der Waals surface area contributed by atoms with Crippen LogP contribution in [-0.4, -0.2) is 76.2 Å². The Morgan fingerprint density at radius 3 is 1.86 bits per heavy atom. The molecule has 3 unspecified atom stereocenters. The first-order chi connectivity index (χ1) is 13.0. The lowest BCUT2D eigenvalue weighted by atomic mass is 10.1. The van der Waals surface area contributed by atoms with Gasteiger partial charge in [-0.2, -0.15) is 12.6 Å². The summed E-state index contributed by atoms with van der Waals surface area (Å²) >= 11 is 3.89. The Bertz CT molecular complexity index is 629. The number of primary amides is 1. The van der Waals surface area contributed by atoms with Gasteiger partial charge in [-0.25, -0.2) is 4.79 Å². The number of carbonyl (C=O) groups excluding carboxylic acids is 4. The number of carboxylic acids is 2. The smallest absolute Gasteiger partial charge is 0.326 e. The van der Waals surface area contributed by atoms with Crippen LogP contribution in [0.1, 0.15) is 19.3 Å². The molecule has 0 aromatic carbocycles. The maximum Gasteiger partial charge on any atom is 0.326 e. The van der Waals surface area contributed by atoms with Crippen molar-refractivity contribution >= 4 is 48.2 Å². The highest BCUT2D eigenvalue weighted by Gasteiger charge is 2.30. The van der Waals surface area contributed by atoms with Crippen molar-refractivity contribution in [1.29, 1.82) is 0 Å². The molecule has 0 heterocycles. The zero-order valence-corrected chi connectivity index (χ0v) is 15.6. The van der Waals surface area contributed by atoms with E-state index < -0.39 is 66.7 Å². The molecule has 0 aromatic rings. The molecule has 158 valence electrons. The molecule has 0 spiro atoms. The van der Waals surface area contributed by atoms with Gasteiger partial charge in [0.25, 0.3) is 0 Å². The predicted molar refractivity (Wildman–Crippen MR) is 97.0 cm³/mol. The lowest BCUT2D eigenvalue weighted by Gasteiger charge is -2.23. The summed E-state index contributed by atoms with van der Waals surface area (Å²) in [7, 11) is 0. The molecule has 0 radical (unpaired) electrons. The van der Waals surface area contributed by atoms with Crippen molar-refractivity contribution in [2.24, 2.45) is 11.5 Å². The SMILES string of the molecule is NCC(=O)NC(CS)C(=O)NC(CC(=O)O)C(=O)NC(CCC(N)=O)C(=O)O. The molecule has 13 nitrogen and oxygen atoms in total. The third-order valence-corrected chi connectivity index (χ3v) is 3.69. The highest BCUT2D eigenvalue weighted by molar-refractivity contribution is 7.80. The Labute approximate surface area is 165 Å². The Morgan fingerprint density at radius 1 is 0.893 bits per heavy atom. The third-order valence-electron chi connectivity index (χ3n) is 3.33. The van der Waals surface area contributed by atoms with E-state index in [1.54, 1.807) is 0 Å². The summed E-state index contributed by atoms with van der Waals surface area (Å²) in [5, 5.41) is 24.4. The number of hydrogen-bond acceptors (Lipinski definition) is 8. The summed E-state index contributed by atoms with van der Waals surface area (Å²) in [5.41, 5.74) is 10.1. The second kappa shape index (κ2) is 12.5. The molecular formula is C14H23N5O8S. The minimum absolute atomic E-state index is 0.171. The van der Waals surface area contributed by atoms with E-state index >= 15 is 0 Å². The second-order valence-corrected chi connectivity index (χ2v) is 5.94. The van der Waals surface area contributed by atoms with Crippen molar-refractivity contribution in [2.45, 2.75) is 37.4 Å². The van der Waals surface area contributed by atoms with Crippen LogP contribution in [-0.2, 0) is 28.8 Å². The van der Waals surface area contributed by atoms with Crippen LogP contribution < -0.4 is 27.4 Å². The molecule has 0 fully saturated rings. The Balaban J connectivity index is 5.21. The van der Waals surface area contributed by atoms with Crippen LogP contribution in [0.5, 0.6) is 0 Å². The van der Waals surface area contributed by atoms with Gasteiger partial charge in [-0.05, 0) is 6.42 Å². The van der Waals surface area contributed by atoms with Gasteiger partial charge in [-0.1, -0.05) is 0 Å². The predicted octanol–water partition coefficient (Wildman–Crippen LogP) is -3.85. The minimum atomic E-state index is -1.64. The van der Waals surface area contributed by atoms with Gasteiger partial charge >= 0.3 is 11.9 Å². The van der Waals surface area contributed by atoms with E-state index in [1.165, 1.54) is 0 Å². The number of nitrogens with one attached hydrogen (secondary N) is 3. The molecule has 28 heavy (non-hydrogen) atoms. The van der Waals surface area contributed by atoms with Crippen LogP contribution in [0.2, 0.25) is 0 Å². The molecule has 4 amide bonds. The maximum absolute atomic E-state index is 12.3. The maximum atomic E-state index is 12.3. The fourth-order valence-corrected chi connectivity index (χ4v) is 2.18. The molecule has 0 bridgehead atoms. The van der Waals surface area contributed by atoms with Gasteiger partial charge in [0.05, 0.1) is 13.0 Å².